The molecule has 0 radical (unpaired) electrons. The van der Waals surface area contributed by atoms with Gasteiger partial charge in [-0.15, -0.1) is 0 Å². The number of carbonyl (C=O) groups excluding carboxylic acids is 1. The van der Waals surface area contributed by atoms with Crippen molar-refractivity contribution in [2.75, 3.05) is 6.54 Å². The lowest BCUT2D eigenvalue weighted by Crippen LogP contribution is -2.35. The molecule has 19 heavy (non-hydrogen) atoms. The number of halogens is 1. The van der Waals surface area contributed by atoms with Gasteiger partial charge in [-0.1, -0.05) is 12.1 Å². The van der Waals surface area contributed by atoms with E-state index in [9.17, 15) is 14.3 Å². The fourth-order valence-electron chi connectivity index (χ4n) is 2.57. The molecular formula is C15H20FNO2. The van der Waals surface area contributed by atoms with Gasteiger partial charge in [-0.3, -0.25) is 4.79 Å². The molecule has 0 saturated heterocycles. The number of carbonyl (C=O) groups is 1. The van der Waals surface area contributed by atoms with Gasteiger partial charge in [0.2, 0.25) is 5.91 Å². The molecule has 2 unspecified atom stereocenters. The van der Waals surface area contributed by atoms with Crippen LogP contribution in [0.1, 0.15) is 31.2 Å². The van der Waals surface area contributed by atoms with Crippen LogP contribution in [0.2, 0.25) is 0 Å². The molecule has 4 heteroatoms. The van der Waals surface area contributed by atoms with Crippen LogP contribution in [-0.2, 0) is 11.2 Å². The third kappa shape index (κ3) is 4.03. The Morgan fingerprint density at radius 2 is 2.26 bits per heavy atom. The van der Waals surface area contributed by atoms with E-state index < -0.39 is 6.10 Å². The van der Waals surface area contributed by atoms with E-state index in [1.807, 2.05) is 6.07 Å². The number of rotatable bonds is 5. The van der Waals surface area contributed by atoms with Crippen molar-refractivity contribution in [3.63, 3.8) is 0 Å². The van der Waals surface area contributed by atoms with Crippen molar-refractivity contribution in [2.24, 2.45) is 5.92 Å². The first-order valence-electron chi connectivity index (χ1n) is 6.87. The molecule has 0 aliphatic heterocycles. The summed E-state index contributed by atoms with van der Waals surface area (Å²) < 4.78 is 13.0. The third-order valence-corrected chi connectivity index (χ3v) is 3.65. The first-order valence-corrected chi connectivity index (χ1v) is 6.87. The van der Waals surface area contributed by atoms with Crippen LogP contribution in [0.4, 0.5) is 4.39 Å². The van der Waals surface area contributed by atoms with Crippen LogP contribution in [0.3, 0.4) is 0 Å². The molecule has 104 valence electrons. The van der Waals surface area contributed by atoms with Crippen LogP contribution in [-0.4, -0.2) is 23.7 Å². The monoisotopic (exact) mass is 265 g/mol. The molecule has 0 heterocycles. The predicted molar refractivity (Wildman–Crippen MR) is 71.1 cm³/mol. The smallest absolute Gasteiger partial charge is 0.225 e. The Bertz CT molecular complexity index is 436. The fraction of sp³-hybridized carbons (Fsp3) is 0.533. The average Bonchev–Trinajstić information content (AvgIpc) is 2.81. The van der Waals surface area contributed by atoms with E-state index in [4.69, 9.17) is 0 Å². The standard InChI is InChI=1S/C15H20FNO2/c16-12-6-1-4-11(10-12)5-3-9-17-15(19)13-7-2-8-14(13)18/h1,4,6,10,13-14,18H,2-3,5,7-9H2,(H,17,19). The number of benzene rings is 1. The second-order valence-electron chi connectivity index (χ2n) is 5.13. The van der Waals surface area contributed by atoms with E-state index in [2.05, 4.69) is 5.32 Å². The fourth-order valence-corrected chi connectivity index (χ4v) is 2.57. The van der Waals surface area contributed by atoms with Crippen LogP contribution >= 0.6 is 0 Å². The maximum absolute atomic E-state index is 13.0. The summed E-state index contributed by atoms with van der Waals surface area (Å²) in [5.74, 6) is -0.519. The molecule has 2 atom stereocenters. The van der Waals surface area contributed by atoms with Gasteiger partial charge in [0.05, 0.1) is 12.0 Å². The zero-order valence-electron chi connectivity index (χ0n) is 10.9. The first-order chi connectivity index (χ1) is 9.16. The van der Waals surface area contributed by atoms with Crippen LogP contribution in [0.25, 0.3) is 0 Å². The Morgan fingerprint density at radius 3 is 2.95 bits per heavy atom. The summed E-state index contributed by atoms with van der Waals surface area (Å²) in [6.45, 7) is 0.568. The summed E-state index contributed by atoms with van der Waals surface area (Å²) in [7, 11) is 0. The highest BCUT2D eigenvalue weighted by Gasteiger charge is 2.30. The maximum Gasteiger partial charge on any atom is 0.225 e. The van der Waals surface area contributed by atoms with E-state index in [-0.39, 0.29) is 17.6 Å². The predicted octanol–water partition coefficient (Wildman–Crippen LogP) is 2.04. The van der Waals surface area contributed by atoms with Gasteiger partial charge in [0.1, 0.15) is 5.82 Å². The first kappa shape index (κ1) is 14.0. The minimum absolute atomic E-state index is 0.0516. The number of hydrogen-bond acceptors (Lipinski definition) is 2. The SMILES string of the molecule is O=C(NCCCc1cccc(F)c1)C1CCCC1O. The molecule has 0 aromatic heterocycles. The molecule has 2 rings (SSSR count). The highest BCUT2D eigenvalue weighted by atomic mass is 19.1. The lowest BCUT2D eigenvalue weighted by Gasteiger charge is -2.14. The van der Waals surface area contributed by atoms with Gasteiger partial charge >= 0.3 is 0 Å². The molecular weight excluding hydrogens is 245 g/mol. The van der Waals surface area contributed by atoms with Crippen molar-refractivity contribution in [3.05, 3.63) is 35.6 Å². The van der Waals surface area contributed by atoms with Gasteiger partial charge < -0.3 is 10.4 Å². The van der Waals surface area contributed by atoms with Crippen molar-refractivity contribution in [1.82, 2.24) is 5.32 Å². The third-order valence-electron chi connectivity index (χ3n) is 3.65. The minimum atomic E-state index is -0.483. The Morgan fingerprint density at radius 1 is 1.42 bits per heavy atom. The molecule has 1 aliphatic carbocycles. The molecule has 0 bridgehead atoms. The van der Waals surface area contributed by atoms with E-state index in [0.29, 0.717) is 6.54 Å². The van der Waals surface area contributed by atoms with Gasteiger partial charge in [-0.05, 0) is 49.8 Å². The number of aryl methyl sites for hydroxylation is 1. The second kappa shape index (κ2) is 6.66. The van der Waals surface area contributed by atoms with Crippen LogP contribution in [0, 0.1) is 11.7 Å². The summed E-state index contributed by atoms with van der Waals surface area (Å²) in [6, 6.07) is 6.51. The summed E-state index contributed by atoms with van der Waals surface area (Å²) in [6.07, 6.45) is 3.45. The molecule has 0 spiro atoms. The van der Waals surface area contributed by atoms with Gasteiger partial charge in [-0.25, -0.2) is 4.39 Å². The summed E-state index contributed by atoms with van der Waals surface area (Å²) in [4.78, 5) is 11.8. The Labute approximate surface area is 112 Å². The van der Waals surface area contributed by atoms with E-state index in [1.54, 1.807) is 6.07 Å². The van der Waals surface area contributed by atoms with Crippen molar-refractivity contribution in [3.8, 4) is 0 Å². The number of amides is 1. The zero-order valence-corrected chi connectivity index (χ0v) is 10.9. The van der Waals surface area contributed by atoms with Gasteiger partial charge in [0.15, 0.2) is 0 Å². The molecule has 1 aliphatic rings. The number of nitrogens with one attached hydrogen (secondary N) is 1. The van der Waals surface area contributed by atoms with Crippen molar-refractivity contribution in [1.29, 1.82) is 0 Å². The van der Waals surface area contributed by atoms with E-state index >= 15 is 0 Å². The number of aliphatic hydroxyl groups is 1. The molecule has 1 amide bonds. The van der Waals surface area contributed by atoms with Gasteiger partial charge in [-0.2, -0.15) is 0 Å². The summed E-state index contributed by atoms with van der Waals surface area (Å²) in [5, 5.41) is 12.5. The normalized spacial score (nSPS) is 22.4. The highest BCUT2D eigenvalue weighted by molar-refractivity contribution is 5.79. The average molecular weight is 265 g/mol. The topological polar surface area (TPSA) is 49.3 Å². The van der Waals surface area contributed by atoms with Crippen molar-refractivity contribution in [2.45, 2.75) is 38.2 Å². The van der Waals surface area contributed by atoms with E-state index in [0.717, 1.165) is 37.7 Å². The molecule has 3 nitrogen and oxygen atoms in total. The molecule has 1 aromatic rings. The maximum atomic E-state index is 13.0. The quantitative estimate of drug-likeness (QED) is 0.800. The minimum Gasteiger partial charge on any atom is -0.392 e. The summed E-state index contributed by atoms with van der Waals surface area (Å²) in [5.41, 5.74) is 0.940. The summed E-state index contributed by atoms with van der Waals surface area (Å²) >= 11 is 0. The Kier molecular flexibility index (Phi) is 4.91. The molecule has 1 aromatic carbocycles. The number of aliphatic hydroxyl groups excluding tert-OH is 1. The van der Waals surface area contributed by atoms with Gasteiger partial charge in [0, 0.05) is 6.54 Å². The van der Waals surface area contributed by atoms with Crippen LogP contribution < -0.4 is 5.32 Å². The second-order valence-corrected chi connectivity index (χ2v) is 5.13. The zero-order chi connectivity index (χ0) is 13.7. The molecule has 1 saturated carbocycles. The molecule has 1 fully saturated rings. The van der Waals surface area contributed by atoms with Crippen molar-refractivity contribution >= 4 is 5.91 Å². The van der Waals surface area contributed by atoms with Crippen molar-refractivity contribution < 1.29 is 14.3 Å². The highest BCUT2D eigenvalue weighted by Crippen LogP contribution is 2.25. The Hall–Kier alpha value is -1.42. The van der Waals surface area contributed by atoms with Crippen LogP contribution in [0.15, 0.2) is 24.3 Å². The Balaban J connectivity index is 1.68. The molecule has 2 N–H and O–H groups in total. The van der Waals surface area contributed by atoms with Crippen LogP contribution in [0.5, 0.6) is 0 Å². The van der Waals surface area contributed by atoms with E-state index in [1.165, 1.54) is 12.1 Å². The number of hydrogen-bond donors (Lipinski definition) is 2. The lowest BCUT2D eigenvalue weighted by atomic mass is 10.1. The lowest BCUT2D eigenvalue weighted by molar-refractivity contribution is -0.127. The van der Waals surface area contributed by atoms with Gasteiger partial charge in [0.25, 0.3) is 0 Å². The largest absolute Gasteiger partial charge is 0.392 e.